The van der Waals surface area contributed by atoms with Gasteiger partial charge in [0.25, 0.3) is 0 Å². The first-order valence-electron chi connectivity index (χ1n) is 10.2. The lowest BCUT2D eigenvalue weighted by Crippen LogP contribution is -2.14. The second-order valence-electron chi connectivity index (χ2n) is 7.73. The van der Waals surface area contributed by atoms with Gasteiger partial charge in [-0.1, -0.05) is 30.3 Å². The minimum Gasteiger partial charge on any atom is -0.351 e. The van der Waals surface area contributed by atoms with Gasteiger partial charge in [-0.3, -0.25) is 9.48 Å². The van der Waals surface area contributed by atoms with Crippen molar-refractivity contribution in [3.63, 3.8) is 0 Å². The smallest absolute Gasteiger partial charge is 0.247 e. The molecule has 2 aliphatic rings. The summed E-state index contributed by atoms with van der Waals surface area (Å²) in [6, 6.07) is 13.5. The topological polar surface area (TPSA) is 46.9 Å². The van der Waals surface area contributed by atoms with Crippen LogP contribution in [0.15, 0.2) is 48.0 Å². The minimum atomic E-state index is -0.287. The fraction of sp³-hybridized carbons (Fsp3) is 0.304. The number of nitrogens with zero attached hydrogens (tertiary/aromatic N) is 2. The van der Waals surface area contributed by atoms with Gasteiger partial charge in [-0.2, -0.15) is 5.10 Å². The van der Waals surface area contributed by atoms with E-state index in [4.69, 9.17) is 0 Å². The Morgan fingerprint density at radius 3 is 2.83 bits per heavy atom. The van der Waals surface area contributed by atoms with Gasteiger partial charge in [-0.05, 0) is 76.9 Å². The maximum absolute atomic E-state index is 15.1. The van der Waals surface area contributed by atoms with Gasteiger partial charge in [0.15, 0.2) is 0 Å². The molecule has 2 fully saturated rings. The molecule has 30 heavy (non-hydrogen) atoms. The number of benzene rings is 2. The number of rotatable bonds is 3. The molecule has 1 N–H and O–H groups in total. The lowest BCUT2D eigenvalue weighted by atomic mass is 9.92. The molecule has 0 spiro atoms. The number of halogens is 2. The number of thioether (sulfide) groups is 1. The van der Waals surface area contributed by atoms with Crippen molar-refractivity contribution in [2.75, 3.05) is 12.3 Å². The van der Waals surface area contributed by atoms with Crippen molar-refractivity contribution >= 4 is 57.2 Å². The summed E-state index contributed by atoms with van der Waals surface area (Å²) < 4.78 is 17.8. The van der Waals surface area contributed by atoms with Gasteiger partial charge in [0.05, 0.1) is 16.3 Å². The van der Waals surface area contributed by atoms with E-state index in [1.807, 2.05) is 58.9 Å². The Morgan fingerprint density at radius 2 is 2.07 bits per heavy atom. The molecule has 2 aromatic carbocycles. The van der Waals surface area contributed by atoms with Crippen LogP contribution in [0.25, 0.3) is 17.0 Å². The van der Waals surface area contributed by atoms with Crippen molar-refractivity contribution in [3.05, 3.63) is 68.7 Å². The molecule has 5 rings (SSSR count). The van der Waals surface area contributed by atoms with Crippen molar-refractivity contribution < 1.29 is 9.18 Å². The van der Waals surface area contributed by atoms with Crippen LogP contribution in [0.1, 0.15) is 41.7 Å². The number of amides is 1. The predicted octanol–water partition coefficient (Wildman–Crippen LogP) is 5.49. The Morgan fingerprint density at radius 1 is 1.23 bits per heavy atom. The maximum atomic E-state index is 15.1. The Bertz CT molecular complexity index is 1140. The first-order valence-corrected chi connectivity index (χ1v) is 12.3. The molecule has 154 valence electrons. The second-order valence-corrected chi connectivity index (χ2v) is 10.0. The first kappa shape index (κ1) is 20.1. The summed E-state index contributed by atoms with van der Waals surface area (Å²) in [7, 11) is 0. The van der Waals surface area contributed by atoms with E-state index in [0.29, 0.717) is 26.8 Å². The van der Waals surface area contributed by atoms with Gasteiger partial charge in [0.2, 0.25) is 5.91 Å². The minimum absolute atomic E-state index is 0.0311. The van der Waals surface area contributed by atoms with E-state index in [1.54, 1.807) is 0 Å². The van der Waals surface area contributed by atoms with Crippen LogP contribution in [0, 0.1) is 9.52 Å². The van der Waals surface area contributed by atoms with E-state index in [-0.39, 0.29) is 23.0 Å². The average molecular weight is 533 g/mol. The van der Waals surface area contributed by atoms with Crippen LogP contribution in [0.5, 0.6) is 0 Å². The Labute approximate surface area is 192 Å². The summed E-state index contributed by atoms with van der Waals surface area (Å²) in [5.74, 6) is 0.700. The van der Waals surface area contributed by atoms with Crippen LogP contribution in [0.2, 0.25) is 0 Å². The molecule has 2 saturated heterocycles. The van der Waals surface area contributed by atoms with Gasteiger partial charge in [-0.25, -0.2) is 4.39 Å². The Hall–Kier alpha value is -1.87. The Balaban J connectivity index is 1.59. The molecule has 2 atom stereocenters. The molecule has 3 aromatic rings. The summed E-state index contributed by atoms with van der Waals surface area (Å²) in [6.45, 7) is 0.563. The molecule has 0 saturated carbocycles. The number of hydrogen-bond donors (Lipinski definition) is 1. The highest BCUT2D eigenvalue weighted by atomic mass is 127. The van der Waals surface area contributed by atoms with Crippen molar-refractivity contribution in [1.29, 1.82) is 0 Å². The molecule has 0 bridgehead atoms. The average Bonchev–Trinajstić information content (AvgIpc) is 3.29. The van der Waals surface area contributed by atoms with Gasteiger partial charge in [0, 0.05) is 18.0 Å². The molecule has 3 heterocycles. The zero-order chi connectivity index (χ0) is 20.7. The molecule has 0 aliphatic carbocycles. The number of aromatic nitrogens is 2. The van der Waals surface area contributed by atoms with Crippen molar-refractivity contribution in [3.8, 4) is 0 Å². The lowest BCUT2D eigenvalue weighted by Gasteiger charge is -2.22. The van der Waals surface area contributed by atoms with E-state index in [9.17, 15) is 4.79 Å². The number of hydrogen-bond acceptors (Lipinski definition) is 3. The van der Waals surface area contributed by atoms with Gasteiger partial charge in [-0.15, -0.1) is 11.8 Å². The second kappa shape index (κ2) is 8.34. The quantitative estimate of drug-likeness (QED) is 0.358. The monoisotopic (exact) mass is 533 g/mol. The fourth-order valence-electron chi connectivity index (χ4n) is 4.31. The van der Waals surface area contributed by atoms with Crippen molar-refractivity contribution in [2.45, 2.75) is 30.6 Å². The molecule has 2 unspecified atom stereocenters. The van der Waals surface area contributed by atoms with Crippen LogP contribution >= 0.6 is 34.4 Å². The molecule has 4 nitrogen and oxygen atoms in total. The molecule has 1 amide bonds. The summed E-state index contributed by atoms with van der Waals surface area (Å²) in [6.07, 6.45) is 5.27. The zero-order valence-corrected chi connectivity index (χ0v) is 19.2. The maximum Gasteiger partial charge on any atom is 0.247 e. The fourth-order valence-corrected chi connectivity index (χ4v) is 6.35. The van der Waals surface area contributed by atoms with Gasteiger partial charge in [0.1, 0.15) is 9.52 Å². The molecule has 2 aliphatic heterocycles. The highest BCUT2D eigenvalue weighted by molar-refractivity contribution is 14.1. The number of carbonyl (C=O) groups is 1. The number of fused-ring (bicyclic) bond motifs is 1. The standard InChI is InChI=1S/C23H21FIN3OS/c24-18-11-14(10-16-17(13-26-23(16)29)15-6-2-1-3-7-15)12-19-21(18)22(25)27-28(19)20-8-4-5-9-30-20/h1-3,6-7,10-12,17,20H,4-5,8-9,13H2,(H,26,29)/b16-10+. The summed E-state index contributed by atoms with van der Waals surface area (Å²) in [5, 5.41) is 8.41. The van der Waals surface area contributed by atoms with E-state index in [0.717, 1.165) is 23.3 Å². The van der Waals surface area contributed by atoms with Crippen LogP contribution in [0.4, 0.5) is 4.39 Å². The first-order chi connectivity index (χ1) is 14.6. The zero-order valence-electron chi connectivity index (χ0n) is 16.3. The molecule has 0 radical (unpaired) electrons. The number of carbonyl (C=O) groups excluding carboxylic acids is 1. The van der Waals surface area contributed by atoms with Crippen molar-refractivity contribution in [2.24, 2.45) is 0 Å². The predicted molar refractivity (Wildman–Crippen MR) is 128 cm³/mol. The van der Waals surface area contributed by atoms with E-state index in [2.05, 4.69) is 33.0 Å². The van der Waals surface area contributed by atoms with Crippen molar-refractivity contribution in [1.82, 2.24) is 15.1 Å². The highest BCUT2D eigenvalue weighted by Crippen LogP contribution is 2.38. The highest BCUT2D eigenvalue weighted by Gasteiger charge is 2.29. The van der Waals surface area contributed by atoms with Gasteiger partial charge < -0.3 is 5.32 Å². The molecular formula is C23H21FIN3OS. The molecule has 1 aromatic heterocycles. The normalized spacial score (nSPS) is 23.3. The van der Waals surface area contributed by atoms with E-state index in [1.165, 1.54) is 18.9 Å². The number of nitrogens with one attached hydrogen (secondary N) is 1. The molecule has 7 heteroatoms. The SMILES string of the molecule is O=C1NCC(c2ccccc2)/C1=C\c1cc(F)c2c(I)nn(C3CCCCS3)c2c1. The van der Waals surface area contributed by atoms with Crippen LogP contribution in [-0.2, 0) is 4.79 Å². The molecular weight excluding hydrogens is 512 g/mol. The van der Waals surface area contributed by atoms with Crippen LogP contribution < -0.4 is 5.32 Å². The lowest BCUT2D eigenvalue weighted by molar-refractivity contribution is -0.116. The largest absolute Gasteiger partial charge is 0.351 e. The van der Waals surface area contributed by atoms with E-state index >= 15 is 4.39 Å². The Kier molecular flexibility index (Phi) is 5.58. The van der Waals surface area contributed by atoms with E-state index < -0.39 is 0 Å². The summed E-state index contributed by atoms with van der Waals surface area (Å²) in [5.41, 5.74) is 3.27. The summed E-state index contributed by atoms with van der Waals surface area (Å²) >= 11 is 4.00. The third-order valence-electron chi connectivity index (χ3n) is 5.80. The third-order valence-corrected chi connectivity index (χ3v) is 7.90. The third kappa shape index (κ3) is 3.66. The summed E-state index contributed by atoms with van der Waals surface area (Å²) in [4.78, 5) is 12.5. The van der Waals surface area contributed by atoms with Gasteiger partial charge >= 0.3 is 0 Å². The van der Waals surface area contributed by atoms with Crippen LogP contribution in [-0.4, -0.2) is 28.0 Å². The van der Waals surface area contributed by atoms with Crippen LogP contribution in [0.3, 0.4) is 0 Å².